The zero-order chi connectivity index (χ0) is 47.0. The summed E-state index contributed by atoms with van der Waals surface area (Å²) >= 11 is 0. The maximum atomic E-state index is 13.8. The summed E-state index contributed by atoms with van der Waals surface area (Å²) in [5.41, 5.74) is 2.11. The van der Waals surface area contributed by atoms with Crippen LogP contribution in [0, 0.1) is 13.8 Å². The van der Waals surface area contributed by atoms with E-state index in [0.717, 1.165) is 166 Å². The Morgan fingerprint density at radius 2 is 0.682 bits per heavy atom. The normalized spacial score (nSPS) is 17.3. The molecule has 2 aliphatic rings. The van der Waals surface area contributed by atoms with E-state index in [1.807, 2.05) is 38.1 Å². The Morgan fingerprint density at radius 1 is 0.409 bits per heavy atom. The minimum absolute atomic E-state index is 0.00857. The Labute approximate surface area is 403 Å². The molecule has 12 heteroatoms. The van der Waals surface area contributed by atoms with E-state index in [1.54, 1.807) is 32.9 Å². The van der Waals surface area contributed by atoms with E-state index in [-0.39, 0.29) is 12.6 Å². The molecule has 2 fully saturated rings. The van der Waals surface area contributed by atoms with Crippen LogP contribution in [0.15, 0.2) is 58.3 Å². The molecule has 0 N–H and O–H groups in total. The molecule has 2 aromatic carbocycles. The van der Waals surface area contributed by atoms with Gasteiger partial charge in [0.1, 0.15) is 0 Å². The number of sulfonamides is 2. The largest absolute Gasteiger partial charge is 0.353 e. The first-order valence-corrected chi connectivity index (χ1v) is 29.6. The lowest BCUT2D eigenvalue weighted by Gasteiger charge is -2.23. The van der Waals surface area contributed by atoms with Crippen molar-refractivity contribution < 1.29 is 35.8 Å². The zero-order valence-electron chi connectivity index (χ0n) is 41.6. The summed E-state index contributed by atoms with van der Waals surface area (Å²) < 4.78 is 81.5. The molecule has 0 spiro atoms. The van der Waals surface area contributed by atoms with E-state index in [4.69, 9.17) is 18.9 Å². The van der Waals surface area contributed by atoms with Crippen molar-refractivity contribution in [1.29, 1.82) is 0 Å². The first kappa shape index (κ1) is 56.7. The van der Waals surface area contributed by atoms with Crippen LogP contribution in [0.3, 0.4) is 0 Å². The predicted molar refractivity (Wildman–Crippen MR) is 270 cm³/mol. The van der Waals surface area contributed by atoms with Gasteiger partial charge in [-0.25, -0.2) is 16.8 Å². The summed E-state index contributed by atoms with van der Waals surface area (Å²) in [4.78, 5) is 0.781. The fourth-order valence-corrected chi connectivity index (χ4v) is 12.1. The third-order valence-corrected chi connectivity index (χ3v) is 17.2. The fraction of sp³-hybridized carbons (Fsp3) is 0.778. The number of ether oxygens (including phenoxy) is 4. The molecular formula is C54H92N2O8S2. The summed E-state index contributed by atoms with van der Waals surface area (Å²) in [5.74, 6) is 0. The molecule has 0 amide bonds. The van der Waals surface area contributed by atoms with Crippen LogP contribution in [0.5, 0.6) is 0 Å². The number of rotatable bonds is 39. The van der Waals surface area contributed by atoms with E-state index in [2.05, 4.69) is 0 Å². The SMILES string of the molecule is Cc1ccc(S(=O)(=O)N(CCCCCCCCCCOC2CCCCO2)CCCCCCCCCCN(CCCCCCCCCCOC2CCCCO2)S(=O)(=O)c2ccc(C)cc2)cc1. The second-order valence-electron chi connectivity index (χ2n) is 19.3. The molecule has 2 unspecified atom stereocenters. The molecule has 2 aromatic rings. The Bertz CT molecular complexity index is 1590. The minimum Gasteiger partial charge on any atom is -0.353 e. The Kier molecular flexibility index (Phi) is 29.5. The highest BCUT2D eigenvalue weighted by atomic mass is 32.2. The molecule has 2 aliphatic heterocycles. The molecule has 66 heavy (non-hydrogen) atoms. The van der Waals surface area contributed by atoms with Gasteiger partial charge in [-0.2, -0.15) is 8.61 Å². The maximum absolute atomic E-state index is 13.8. The van der Waals surface area contributed by atoms with E-state index in [9.17, 15) is 16.8 Å². The van der Waals surface area contributed by atoms with Gasteiger partial charge in [0.15, 0.2) is 12.6 Å². The summed E-state index contributed by atoms with van der Waals surface area (Å²) in [6, 6.07) is 14.5. The minimum atomic E-state index is -3.54. The molecule has 0 saturated carbocycles. The Hall–Kier alpha value is -1.90. The number of benzene rings is 2. The fourth-order valence-electron chi connectivity index (χ4n) is 9.08. The van der Waals surface area contributed by atoms with Crippen LogP contribution in [-0.4, -0.2) is 90.6 Å². The lowest BCUT2D eigenvalue weighted by molar-refractivity contribution is -0.163. The number of hydrogen-bond donors (Lipinski definition) is 0. The second-order valence-corrected chi connectivity index (χ2v) is 23.1. The van der Waals surface area contributed by atoms with Crippen molar-refractivity contribution >= 4 is 20.0 Å². The topological polar surface area (TPSA) is 112 Å². The van der Waals surface area contributed by atoms with Gasteiger partial charge in [0, 0.05) is 52.6 Å². The van der Waals surface area contributed by atoms with Crippen LogP contribution in [0.2, 0.25) is 0 Å². The molecule has 10 nitrogen and oxygen atoms in total. The van der Waals surface area contributed by atoms with E-state index in [0.29, 0.717) is 36.0 Å². The van der Waals surface area contributed by atoms with Gasteiger partial charge in [-0.15, -0.1) is 0 Å². The van der Waals surface area contributed by atoms with Crippen molar-refractivity contribution in [3.05, 3.63) is 59.7 Å². The van der Waals surface area contributed by atoms with Gasteiger partial charge < -0.3 is 18.9 Å². The summed E-state index contributed by atoms with van der Waals surface area (Å²) in [7, 11) is -7.08. The van der Waals surface area contributed by atoms with Gasteiger partial charge in [0.25, 0.3) is 0 Å². The van der Waals surface area contributed by atoms with Gasteiger partial charge in [0.2, 0.25) is 20.0 Å². The number of hydrogen-bond acceptors (Lipinski definition) is 8. The van der Waals surface area contributed by atoms with Crippen molar-refractivity contribution in [3.63, 3.8) is 0 Å². The third kappa shape index (κ3) is 23.6. The number of unbranched alkanes of at least 4 members (excludes halogenated alkanes) is 21. The second kappa shape index (κ2) is 34.4. The lowest BCUT2D eigenvalue weighted by atomic mass is 10.1. The molecule has 2 saturated heterocycles. The van der Waals surface area contributed by atoms with Crippen LogP contribution >= 0.6 is 0 Å². The average molecular weight is 961 g/mol. The molecule has 2 atom stereocenters. The Morgan fingerprint density at radius 3 is 0.955 bits per heavy atom. The molecule has 4 rings (SSSR count). The van der Waals surface area contributed by atoms with Gasteiger partial charge in [-0.1, -0.05) is 151 Å². The highest BCUT2D eigenvalue weighted by Crippen LogP contribution is 2.23. The standard InChI is InChI=1S/C54H92N2O8S2/c1-49-33-37-51(38-34-49)65(57,58)55(43-25-17-11-5-7-13-19-27-45-61-53-31-21-29-47-63-53)41-23-15-9-3-4-10-16-24-42-56(66(59,60)52-39-35-50(2)36-40-52)44-26-18-12-6-8-14-20-28-46-62-54-32-22-30-48-64-54/h33-40,53-54H,3-32,41-48H2,1-2H3. The maximum Gasteiger partial charge on any atom is 0.243 e. The summed E-state index contributed by atoms with van der Waals surface area (Å²) in [6.07, 6.45) is 32.8. The smallest absolute Gasteiger partial charge is 0.243 e. The molecule has 378 valence electrons. The van der Waals surface area contributed by atoms with Crippen LogP contribution in [0.4, 0.5) is 0 Å². The van der Waals surface area contributed by atoms with E-state index in [1.165, 1.54) is 64.2 Å². The van der Waals surface area contributed by atoms with Crippen molar-refractivity contribution in [2.24, 2.45) is 0 Å². The van der Waals surface area contributed by atoms with Crippen LogP contribution < -0.4 is 0 Å². The van der Waals surface area contributed by atoms with Gasteiger partial charge in [-0.3, -0.25) is 0 Å². The van der Waals surface area contributed by atoms with Crippen molar-refractivity contribution in [3.8, 4) is 0 Å². The first-order chi connectivity index (χ1) is 32.2. The predicted octanol–water partition coefficient (Wildman–Crippen LogP) is 13.4. The lowest BCUT2D eigenvalue weighted by Crippen LogP contribution is -2.33. The van der Waals surface area contributed by atoms with Gasteiger partial charge in [-0.05, 0) is 115 Å². The van der Waals surface area contributed by atoms with E-state index >= 15 is 0 Å². The molecular weight excluding hydrogens is 869 g/mol. The van der Waals surface area contributed by atoms with E-state index < -0.39 is 20.0 Å². The third-order valence-electron chi connectivity index (χ3n) is 13.4. The monoisotopic (exact) mass is 961 g/mol. The molecule has 0 aliphatic carbocycles. The molecule has 0 aromatic heterocycles. The molecule has 0 radical (unpaired) electrons. The zero-order valence-corrected chi connectivity index (χ0v) is 43.3. The highest BCUT2D eigenvalue weighted by Gasteiger charge is 2.25. The number of aryl methyl sites for hydroxylation is 2. The number of nitrogens with zero attached hydrogens (tertiary/aromatic N) is 2. The van der Waals surface area contributed by atoms with Crippen molar-refractivity contribution in [1.82, 2.24) is 8.61 Å². The molecule has 0 bridgehead atoms. The molecule has 2 heterocycles. The van der Waals surface area contributed by atoms with Crippen molar-refractivity contribution in [2.45, 2.75) is 229 Å². The average Bonchev–Trinajstić information content (AvgIpc) is 3.32. The first-order valence-electron chi connectivity index (χ1n) is 26.8. The summed E-state index contributed by atoms with van der Waals surface area (Å²) in [6.45, 7) is 9.46. The van der Waals surface area contributed by atoms with Crippen LogP contribution in [-0.2, 0) is 39.0 Å². The highest BCUT2D eigenvalue weighted by molar-refractivity contribution is 7.89. The van der Waals surface area contributed by atoms with Crippen LogP contribution in [0.1, 0.15) is 204 Å². The van der Waals surface area contributed by atoms with Crippen molar-refractivity contribution in [2.75, 3.05) is 52.6 Å². The van der Waals surface area contributed by atoms with Gasteiger partial charge in [0.05, 0.1) is 9.79 Å². The van der Waals surface area contributed by atoms with Crippen LogP contribution in [0.25, 0.3) is 0 Å². The Balaban J connectivity index is 1.07. The summed E-state index contributed by atoms with van der Waals surface area (Å²) in [5, 5.41) is 0. The quantitative estimate of drug-likeness (QED) is 0.0609. The van der Waals surface area contributed by atoms with Gasteiger partial charge >= 0.3 is 0 Å².